The van der Waals surface area contributed by atoms with E-state index < -0.39 is 5.41 Å². The Morgan fingerprint density at radius 1 is 1.19 bits per heavy atom. The zero-order valence-electron chi connectivity index (χ0n) is 16.3. The normalized spacial score (nSPS) is 14.3. The molecule has 2 aromatic carbocycles. The molecule has 1 aliphatic rings. The second-order valence-electron chi connectivity index (χ2n) is 7.39. The van der Waals surface area contributed by atoms with Crippen LogP contribution in [0.5, 0.6) is 0 Å². The maximum absolute atomic E-state index is 15.1. The van der Waals surface area contributed by atoms with Gasteiger partial charge in [-0.3, -0.25) is 4.79 Å². The lowest BCUT2D eigenvalue weighted by molar-refractivity contribution is -0.124. The Kier molecular flexibility index (Phi) is 4.71. The Hall–Kier alpha value is -3.64. The van der Waals surface area contributed by atoms with Gasteiger partial charge in [0.05, 0.1) is 29.3 Å². The Balaban J connectivity index is 1.30. The molecule has 31 heavy (non-hydrogen) atoms. The van der Waals surface area contributed by atoms with Crippen molar-refractivity contribution in [2.24, 2.45) is 5.41 Å². The van der Waals surface area contributed by atoms with Gasteiger partial charge in [-0.15, -0.1) is 21.5 Å². The number of benzene rings is 2. The van der Waals surface area contributed by atoms with Crippen LogP contribution in [0.1, 0.15) is 29.6 Å². The number of nitrogens with zero attached hydrogens (tertiary/aromatic N) is 4. The van der Waals surface area contributed by atoms with E-state index in [0.717, 1.165) is 5.56 Å². The maximum atomic E-state index is 15.1. The molecule has 2 heterocycles. The van der Waals surface area contributed by atoms with Gasteiger partial charge in [-0.25, -0.2) is 9.37 Å². The number of fused-ring (bicyclic) bond motifs is 1. The summed E-state index contributed by atoms with van der Waals surface area (Å²) in [6, 6.07) is 15.0. The van der Waals surface area contributed by atoms with Gasteiger partial charge in [0.15, 0.2) is 0 Å². The Morgan fingerprint density at radius 2 is 1.97 bits per heavy atom. The largest absolute Gasteiger partial charge is 0.423 e. The van der Waals surface area contributed by atoms with Crippen molar-refractivity contribution in [1.82, 2.24) is 20.5 Å². The Morgan fingerprint density at radius 3 is 2.71 bits per heavy atom. The third-order valence-corrected chi connectivity index (χ3v) is 6.30. The first kappa shape index (κ1) is 19.3. The molecule has 1 saturated carbocycles. The van der Waals surface area contributed by atoms with E-state index in [4.69, 9.17) is 9.68 Å². The van der Waals surface area contributed by atoms with E-state index in [-0.39, 0.29) is 30.6 Å². The number of carbonyl (C=O) groups is 1. The van der Waals surface area contributed by atoms with Crippen LogP contribution in [0.15, 0.2) is 46.9 Å². The number of nitrogens with one attached hydrogen (secondary N) is 1. The lowest BCUT2D eigenvalue weighted by Gasteiger charge is -2.04. The third-order valence-electron chi connectivity index (χ3n) is 5.24. The number of nitriles is 1. The van der Waals surface area contributed by atoms with Crippen molar-refractivity contribution < 1.29 is 13.6 Å². The molecule has 1 amide bonds. The maximum Gasteiger partial charge on any atom is 0.240 e. The Labute approximate surface area is 180 Å². The van der Waals surface area contributed by atoms with Crippen molar-refractivity contribution in [3.8, 4) is 17.2 Å². The first-order chi connectivity index (χ1) is 15.1. The van der Waals surface area contributed by atoms with Crippen LogP contribution in [0, 0.1) is 22.6 Å². The van der Waals surface area contributed by atoms with Crippen LogP contribution < -0.4 is 5.32 Å². The van der Waals surface area contributed by atoms with E-state index in [0.29, 0.717) is 39.5 Å². The number of amides is 1. The third kappa shape index (κ3) is 3.66. The molecule has 2 aromatic heterocycles. The van der Waals surface area contributed by atoms with Crippen LogP contribution in [0.4, 0.5) is 4.39 Å². The van der Waals surface area contributed by atoms with E-state index in [9.17, 15) is 4.79 Å². The summed E-state index contributed by atoms with van der Waals surface area (Å²) in [4.78, 5) is 16.5. The fraction of sp³-hybridized carbons (Fsp3) is 0.227. The van der Waals surface area contributed by atoms with Crippen molar-refractivity contribution in [2.45, 2.75) is 25.8 Å². The van der Waals surface area contributed by atoms with Gasteiger partial charge in [0.1, 0.15) is 16.2 Å². The SMILES string of the molecule is N#CC1(C(=O)NCc2nnc(Cc3nc4ccc(-c5ccccc5)c(F)c4s3)o2)CC1. The van der Waals surface area contributed by atoms with E-state index in [1.807, 2.05) is 36.4 Å². The number of hydrogen-bond donors (Lipinski definition) is 1. The zero-order valence-corrected chi connectivity index (χ0v) is 17.1. The van der Waals surface area contributed by atoms with Crippen LogP contribution in [-0.2, 0) is 17.8 Å². The van der Waals surface area contributed by atoms with Gasteiger partial charge in [0, 0.05) is 5.56 Å². The molecule has 1 aliphatic carbocycles. The summed E-state index contributed by atoms with van der Waals surface area (Å²) >= 11 is 1.25. The van der Waals surface area contributed by atoms with Crippen LogP contribution in [0.3, 0.4) is 0 Å². The molecule has 154 valence electrons. The minimum absolute atomic E-state index is 0.0597. The molecule has 0 unspecified atom stereocenters. The summed E-state index contributed by atoms with van der Waals surface area (Å²) in [6.07, 6.45) is 1.41. The van der Waals surface area contributed by atoms with Gasteiger partial charge in [-0.2, -0.15) is 5.26 Å². The summed E-state index contributed by atoms with van der Waals surface area (Å²) < 4.78 is 21.1. The van der Waals surface area contributed by atoms with Gasteiger partial charge >= 0.3 is 0 Å². The minimum Gasteiger partial charge on any atom is -0.423 e. The van der Waals surface area contributed by atoms with Crippen molar-refractivity contribution in [3.63, 3.8) is 0 Å². The number of rotatable bonds is 6. The molecule has 4 aromatic rings. The molecule has 0 bridgehead atoms. The molecule has 1 fully saturated rings. The topological polar surface area (TPSA) is 105 Å². The van der Waals surface area contributed by atoms with E-state index in [1.54, 1.807) is 12.1 Å². The Bertz CT molecular complexity index is 1320. The van der Waals surface area contributed by atoms with E-state index in [2.05, 4.69) is 20.5 Å². The molecule has 0 aliphatic heterocycles. The highest BCUT2D eigenvalue weighted by atomic mass is 32.1. The summed E-state index contributed by atoms with van der Waals surface area (Å²) in [7, 11) is 0. The van der Waals surface area contributed by atoms with Crippen molar-refractivity contribution in [2.75, 3.05) is 0 Å². The van der Waals surface area contributed by atoms with Crippen LogP contribution >= 0.6 is 11.3 Å². The van der Waals surface area contributed by atoms with Gasteiger partial charge < -0.3 is 9.73 Å². The second-order valence-corrected chi connectivity index (χ2v) is 8.48. The summed E-state index contributed by atoms with van der Waals surface area (Å²) in [5, 5.41) is 20.3. The van der Waals surface area contributed by atoms with Gasteiger partial charge in [0.2, 0.25) is 17.7 Å². The summed E-state index contributed by atoms with van der Waals surface area (Å²) in [5.74, 6) is -0.0392. The van der Waals surface area contributed by atoms with E-state index >= 15 is 4.39 Å². The standard InChI is InChI=1S/C22H16FN5O2S/c23-19-14(13-4-2-1-3-5-13)6-7-15-20(19)31-18(26-15)10-16-27-28-17(30-16)11-25-21(29)22(12-24)8-9-22/h1-7H,8-11H2,(H,25,29). The number of carbonyl (C=O) groups excluding carboxylic acids is 1. The first-order valence-electron chi connectivity index (χ1n) is 9.72. The number of hydrogen-bond acceptors (Lipinski definition) is 7. The lowest BCUT2D eigenvalue weighted by atomic mass is 10.1. The quantitative estimate of drug-likeness (QED) is 0.493. The highest BCUT2D eigenvalue weighted by Crippen LogP contribution is 2.45. The summed E-state index contributed by atoms with van der Waals surface area (Å²) in [5.41, 5.74) is 1.03. The van der Waals surface area contributed by atoms with Crippen molar-refractivity contribution in [1.29, 1.82) is 5.26 Å². The highest BCUT2D eigenvalue weighted by molar-refractivity contribution is 7.18. The smallest absolute Gasteiger partial charge is 0.240 e. The average molecular weight is 433 g/mol. The molecule has 0 atom stereocenters. The van der Waals surface area contributed by atoms with Gasteiger partial charge in [-0.1, -0.05) is 30.3 Å². The monoisotopic (exact) mass is 433 g/mol. The minimum atomic E-state index is -0.896. The molecule has 9 heteroatoms. The van der Waals surface area contributed by atoms with Gasteiger partial charge in [0.25, 0.3) is 0 Å². The number of thiazole rings is 1. The molecule has 1 N–H and O–H groups in total. The van der Waals surface area contributed by atoms with Crippen molar-refractivity contribution in [3.05, 3.63) is 65.1 Å². The molecular formula is C22H16FN5O2S. The van der Waals surface area contributed by atoms with Crippen molar-refractivity contribution >= 4 is 27.5 Å². The van der Waals surface area contributed by atoms with Crippen LogP contribution in [0.25, 0.3) is 21.3 Å². The molecule has 0 radical (unpaired) electrons. The molecular weight excluding hydrogens is 417 g/mol. The fourth-order valence-electron chi connectivity index (χ4n) is 3.32. The molecule has 7 nitrogen and oxygen atoms in total. The molecule has 5 rings (SSSR count). The molecule has 0 saturated heterocycles. The molecule has 0 spiro atoms. The number of aromatic nitrogens is 3. The highest BCUT2D eigenvalue weighted by Gasteiger charge is 2.50. The average Bonchev–Trinajstić information content (AvgIpc) is 3.29. The summed E-state index contributed by atoms with van der Waals surface area (Å²) in [6.45, 7) is 0.0597. The predicted octanol–water partition coefficient (Wildman–Crippen LogP) is 4.00. The van der Waals surface area contributed by atoms with Gasteiger partial charge in [-0.05, 0) is 30.5 Å². The van der Waals surface area contributed by atoms with Crippen LogP contribution in [0.2, 0.25) is 0 Å². The van der Waals surface area contributed by atoms with Crippen LogP contribution in [-0.4, -0.2) is 21.1 Å². The van der Waals surface area contributed by atoms with E-state index in [1.165, 1.54) is 11.3 Å². The fourth-order valence-corrected chi connectivity index (χ4v) is 4.32. The predicted molar refractivity (Wildman–Crippen MR) is 111 cm³/mol. The first-order valence-corrected chi connectivity index (χ1v) is 10.5. The second kappa shape index (κ2) is 7.56. The lowest BCUT2D eigenvalue weighted by Crippen LogP contribution is -2.30. The number of halogens is 1. The zero-order chi connectivity index (χ0) is 21.4.